The van der Waals surface area contributed by atoms with Gasteiger partial charge in [-0.25, -0.2) is 4.98 Å². The number of nitrogens with zero attached hydrogens (tertiary/aromatic N) is 2. The van der Waals surface area contributed by atoms with Crippen molar-refractivity contribution in [1.29, 1.82) is 0 Å². The van der Waals surface area contributed by atoms with Gasteiger partial charge in [0.1, 0.15) is 11.6 Å². The maximum Gasteiger partial charge on any atom is 0.296 e. The first-order valence-corrected chi connectivity index (χ1v) is 13.3. The molecule has 0 spiro atoms. The number of aliphatic hydroxyl groups is 1. The Morgan fingerprint density at radius 1 is 1.17 bits per heavy atom. The zero-order valence-electron chi connectivity index (χ0n) is 19.2. The normalized spacial score (nSPS) is 16.3. The largest absolute Gasteiger partial charge is 0.503 e. The van der Waals surface area contributed by atoms with Crippen molar-refractivity contribution in [2.45, 2.75) is 25.8 Å². The van der Waals surface area contributed by atoms with Crippen LogP contribution in [-0.2, 0) is 4.79 Å². The number of furan rings is 1. The van der Waals surface area contributed by atoms with Crippen LogP contribution in [0.25, 0.3) is 21.2 Å². The number of fused-ring (bicyclic) bond motifs is 2. The quantitative estimate of drug-likeness (QED) is 0.234. The second-order valence-electron chi connectivity index (χ2n) is 8.86. The topological polar surface area (TPSA) is 83.6 Å². The Hall–Kier alpha value is -3.46. The third-order valence-corrected chi connectivity index (χ3v) is 8.42. The van der Waals surface area contributed by atoms with Crippen molar-refractivity contribution in [3.8, 4) is 0 Å². The summed E-state index contributed by atoms with van der Waals surface area (Å²) in [5.41, 5.74) is 2.38. The first kappa shape index (κ1) is 23.0. The van der Waals surface area contributed by atoms with Crippen molar-refractivity contribution in [2.75, 3.05) is 4.90 Å². The van der Waals surface area contributed by atoms with Crippen LogP contribution in [0.1, 0.15) is 46.8 Å². The molecule has 6 rings (SSSR count). The molecule has 0 bridgehead atoms. The van der Waals surface area contributed by atoms with E-state index in [1.165, 1.54) is 33.1 Å². The number of aromatic nitrogens is 1. The van der Waals surface area contributed by atoms with Gasteiger partial charge in [0.05, 0.1) is 15.8 Å². The van der Waals surface area contributed by atoms with Crippen LogP contribution in [-0.4, -0.2) is 21.8 Å². The number of thiophene rings is 1. The van der Waals surface area contributed by atoms with E-state index in [2.05, 4.69) is 19.9 Å². The molecule has 4 heterocycles. The van der Waals surface area contributed by atoms with Crippen LogP contribution in [0, 0.1) is 0 Å². The molecule has 0 saturated carbocycles. The monoisotopic (exact) mass is 534 g/mol. The highest BCUT2D eigenvalue weighted by atomic mass is 35.5. The number of hydrogen-bond acceptors (Lipinski definition) is 7. The number of carbonyl (C=O) groups is 2. The second-order valence-corrected chi connectivity index (χ2v) is 11.3. The van der Waals surface area contributed by atoms with E-state index in [1.54, 1.807) is 24.3 Å². The molecule has 2 aromatic carbocycles. The number of rotatable bonds is 5. The fourth-order valence-corrected chi connectivity index (χ4v) is 6.45. The maximum atomic E-state index is 13.7. The minimum absolute atomic E-state index is 0.0240. The van der Waals surface area contributed by atoms with E-state index in [0.717, 1.165) is 15.1 Å². The number of carbonyl (C=O) groups excluding carboxylic acids is 2. The fourth-order valence-electron chi connectivity index (χ4n) is 4.40. The van der Waals surface area contributed by atoms with Crippen molar-refractivity contribution < 1.29 is 19.1 Å². The summed E-state index contributed by atoms with van der Waals surface area (Å²) in [6, 6.07) is 15.5. The van der Waals surface area contributed by atoms with Crippen LogP contribution < -0.4 is 4.90 Å². The first-order chi connectivity index (χ1) is 17.3. The summed E-state index contributed by atoms with van der Waals surface area (Å²) >= 11 is 8.84. The molecule has 1 N–H and O–H groups in total. The molecule has 5 aromatic rings. The van der Waals surface area contributed by atoms with E-state index in [-0.39, 0.29) is 11.3 Å². The number of anilines is 1. The number of amides is 1. The number of hydrogen-bond donors (Lipinski definition) is 1. The molecular weight excluding hydrogens is 516 g/mol. The Balaban J connectivity index is 1.47. The molecule has 180 valence electrons. The lowest BCUT2D eigenvalue weighted by atomic mass is 10.0. The highest BCUT2D eigenvalue weighted by Gasteiger charge is 2.47. The summed E-state index contributed by atoms with van der Waals surface area (Å²) in [5.74, 6) is -1.45. The van der Waals surface area contributed by atoms with Crippen molar-refractivity contribution in [2.24, 2.45) is 0 Å². The van der Waals surface area contributed by atoms with Gasteiger partial charge in [-0.2, -0.15) is 0 Å². The van der Waals surface area contributed by atoms with Gasteiger partial charge in [-0.15, -0.1) is 11.3 Å². The predicted octanol–water partition coefficient (Wildman–Crippen LogP) is 7.66. The van der Waals surface area contributed by atoms with Gasteiger partial charge in [-0.1, -0.05) is 48.9 Å². The number of benzene rings is 2. The van der Waals surface area contributed by atoms with Crippen LogP contribution in [0.15, 0.2) is 75.7 Å². The van der Waals surface area contributed by atoms with E-state index < -0.39 is 23.5 Å². The van der Waals surface area contributed by atoms with E-state index in [4.69, 9.17) is 21.0 Å². The standard InChI is InChI=1S/C27H19ClN2O4S2/c1-13(2)14-5-7-17-21(12-14)36-27(29-17)30-23(20-4-3-9-35-20)22(25(32)26(30)33)24(31)19-11-15-10-16(28)6-8-18(15)34-19/h3-13,23,32H,1-2H3. The molecule has 36 heavy (non-hydrogen) atoms. The fraction of sp³-hybridized carbons (Fsp3) is 0.148. The average Bonchev–Trinajstić information content (AvgIpc) is 3.63. The highest BCUT2D eigenvalue weighted by molar-refractivity contribution is 7.22. The summed E-state index contributed by atoms with van der Waals surface area (Å²) in [6.45, 7) is 4.23. The summed E-state index contributed by atoms with van der Waals surface area (Å²) in [6.07, 6.45) is 0. The molecule has 1 aliphatic rings. The molecule has 1 unspecified atom stereocenters. The second kappa shape index (κ2) is 8.58. The highest BCUT2D eigenvalue weighted by Crippen LogP contribution is 2.45. The van der Waals surface area contributed by atoms with Crippen LogP contribution in [0.5, 0.6) is 0 Å². The molecule has 9 heteroatoms. The average molecular weight is 535 g/mol. The lowest BCUT2D eigenvalue weighted by Crippen LogP contribution is -2.30. The Morgan fingerprint density at radius 3 is 2.75 bits per heavy atom. The van der Waals surface area contributed by atoms with Crippen molar-refractivity contribution in [1.82, 2.24) is 4.98 Å². The van der Waals surface area contributed by atoms with Gasteiger partial charge in [0.25, 0.3) is 5.91 Å². The van der Waals surface area contributed by atoms with Crippen LogP contribution >= 0.6 is 34.3 Å². The predicted molar refractivity (Wildman–Crippen MR) is 143 cm³/mol. The molecule has 0 aliphatic carbocycles. The molecule has 0 fully saturated rings. The van der Waals surface area contributed by atoms with Crippen LogP contribution in [0.3, 0.4) is 0 Å². The first-order valence-electron chi connectivity index (χ1n) is 11.3. The Kier molecular flexibility index (Phi) is 5.48. The number of ketones is 1. The maximum absolute atomic E-state index is 13.7. The lowest BCUT2D eigenvalue weighted by Gasteiger charge is -2.22. The molecule has 0 saturated heterocycles. The van der Waals surface area contributed by atoms with Gasteiger partial charge in [-0.3, -0.25) is 14.5 Å². The molecule has 1 amide bonds. The third kappa shape index (κ3) is 3.64. The van der Waals surface area contributed by atoms with Gasteiger partial charge in [0.15, 0.2) is 16.7 Å². The molecule has 1 aliphatic heterocycles. The van der Waals surface area contributed by atoms with E-state index in [1.807, 2.05) is 29.6 Å². The van der Waals surface area contributed by atoms with E-state index >= 15 is 0 Å². The Morgan fingerprint density at radius 2 is 2.00 bits per heavy atom. The Labute approximate surface area is 219 Å². The third-order valence-electron chi connectivity index (χ3n) is 6.24. The summed E-state index contributed by atoms with van der Waals surface area (Å²) < 4.78 is 6.71. The van der Waals surface area contributed by atoms with Crippen molar-refractivity contribution in [3.63, 3.8) is 0 Å². The summed E-state index contributed by atoms with van der Waals surface area (Å²) in [7, 11) is 0. The minimum atomic E-state index is -0.827. The van der Waals surface area contributed by atoms with E-state index in [0.29, 0.717) is 27.0 Å². The smallest absolute Gasteiger partial charge is 0.296 e. The molecule has 0 radical (unpaired) electrons. The molecule has 1 atom stereocenters. The van der Waals surface area contributed by atoms with Crippen LogP contribution in [0.4, 0.5) is 5.13 Å². The minimum Gasteiger partial charge on any atom is -0.503 e. The van der Waals surface area contributed by atoms with Crippen LogP contribution in [0.2, 0.25) is 5.02 Å². The summed E-state index contributed by atoms with van der Waals surface area (Å²) in [4.78, 5) is 33.9. The number of aliphatic hydroxyl groups excluding tert-OH is 1. The Bertz CT molecular complexity index is 1700. The SMILES string of the molecule is CC(C)c1ccc2nc(N3C(=O)C(O)=C(C(=O)c4cc5cc(Cl)ccc5o4)C3c3cccs3)sc2c1. The van der Waals surface area contributed by atoms with Gasteiger partial charge >= 0.3 is 0 Å². The van der Waals surface area contributed by atoms with Crippen molar-refractivity contribution in [3.05, 3.63) is 92.5 Å². The number of halogens is 1. The van der Waals surface area contributed by atoms with Crippen molar-refractivity contribution >= 4 is 72.3 Å². The molecule has 3 aromatic heterocycles. The van der Waals surface area contributed by atoms with Gasteiger partial charge in [0.2, 0.25) is 5.78 Å². The van der Waals surface area contributed by atoms with E-state index in [9.17, 15) is 14.7 Å². The number of Topliss-reactive ketones (excluding diaryl/α,β-unsaturated/α-hetero) is 1. The number of thiazole rings is 1. The molecule has 6 nitrogen and oxygen atoms in total. The summed E-state index contributed by atoms with van der Waals surface area (Å²) in [5, 5.41) is 14.4. The molecular formula is C27H19ClN2O4S2. The zero-order valence-corrected chi connectivity index (χ0v) is 21.6. The van der Waals surface area contributed by atoms with Gasteiger partial charge in [-0.05, 0) is 59.3 Å². The lowest BCUT2D eigenvalue weighted by molar-refractivity contribution is -0.117. The van der Waals surface area contributed by atoms with Gasteiger partial charge in [0, 0.05) is 15.3 Å². The zero-order chi connectivity index (χ0) is 25.1. The van der Waals surface area contributed by atoms with Gasteiger partial charge < -0.3 is 9.52 Å².